The number of epoxide rings is 1. The molecule has 81 heavy (non-hydrogen) atoms. The average molecular weight is 1200 g/mol. The van der Waals surface area contributed by atoms with Crippen molar-refractivity contribution in [2.45, 2.75) is 160 Å². The number of ketones is 1. The maximum atomic E-state index is 15.0. The summed E-state index contributed by atoms with van der Waals surface area (Å²) in [6, 6.07) is -6.15. The number of hydrogen-bond donors (Lipinski definition) is 11. The van der Waals surface area contributed by atoms with Crippen LogP contribution in [0.2, 0.25) is 0 Å². The van der Waals surface area contributed by atoms with Gasteiger partial charge in [-0.15, -0.1) is 34.9 Å². The highest BCUT2D eigenvalue weighted by Crippen LogP contribution is 2.45. The van der Waals surface area contributed by atoms with Crippen LogP contribution in [0.5, 0.6) is 0 Å². The minimum Gasteiger partial charge on any atom is -0.480 e. The van der Waals surface area contributed by atoms with E-state index < -0.39 is 174 Å². The van der Waals surface area contributed by atoms with E-state index in [0.717, 1.165) is 34.1 Å². The quantitative estimate of drug-likeness (QED) is 0.0399. The van der Waals surface area contributed by atoms with Gasteiger partial charge in [-0.25, -0.2) is 4.98 Å². The summed E-state index contributed by atoms with van der Waals surface area (Å²) in [5.41, 5.74) is 10.1. The molecule has 0 radical (unpaired) electrons. The Labute approximate surface area is 480 Å². The standard InChI is InChI=1S/C51H76N8O19S3/c1-25-9-8-14-51(7)36(78-51)16-32(26(2)15-29-20-81-28(4)56-29)57-39(62)17-35(76-42(67)23-79-21-33(46(70)54-18-40(63)64)58-37(60)12-10-30(52)48(72)73)50(5,6)45(69)27(3)44(25)77-43(68)24-80-22-34(47(71)55-19-41(65)66)59-38(61)13-11-31(53)49(74)75/h15,20,25,27,30-36,44H,8-14,16-19,21-24,52-53H2,1-7H3,(H,54,70)(H,55,71)(H,57,62)(H,58,60)(H,59,61)(H,63,64)(H,65,66)(H,72,73)(H,74,75)/b26-15+/t25-,27+,30-,31-,32-,33-,34-,35-,36-,44-,51+/m0/s1. The van der Waals surface area contributed by atoms with Crippen molar-refractivity contribution >= 4 is 112 Å². The lowest BCUT2D eigenvalue weighted by Gasteiger charge is -2.37. The Balaban J connectivity index is 1.95. The summed E-state index contributed by atoms with van der Waals surface area (Å²) in [7, 11) is 0. The number of amides is 5. The highest BCUT2D eigenvalue weighted by molar-refractivity contribution is 8.00. The van der Waals surface area contributed by atoms with Crippen LogP contribution in [0.25, 0.3) is 6.08 Å². The van der Waals surface area contributed by atoms with Crippen molar-refractivity contribution < 1.29 is 92.2 Å². The highest BCUT2D eigenvalue weighted by Gasteiger charge is 2.53. The summed E-state index contributed by atoms with van der Waals surface area (Å²) in [6.45, 7) is 10.3. The molecule has 13 N–H and O–H groups in total. The summed E-state index contributed by atoms with van der Waals surface area (Å²) in [4.78, 5) is 158. The molecule has 3 rings (SSSR count). The molecule has 27 nitrogen and oxygen atoms in total. The molecule has 0 aliphatic carbocycles. The number of carbonyl (C=O) groups excluding carboxylic acids is 8. The van der Waals surface area contributed by atoms with Gasteiger partial charge >= 0.3 is 35.8 Å². The second kappa shape index (κ2) is 32.4. The van der Waals surface area contributed by atoms with Gasteiger partial charge in [0.25, 0.3) is 0 Å². The van der Waals surface area contributed by atoms with E-state index in [1.165, 1.54) is 32.1 Å². The zero-order valence-corrected chi connectivity index (χ0v) is 48.7. The number of nitrogens with one attached hydrogen (secondary N) is 5. The summed E-state index contributed by atoms with van der Waals surface area (Å²) in [5.74, 6) is -15.0. The molecule has 2 fully saturated rings. The number of esters is 2. The zero-order chi connectivity index (χ0) is 60.9. The van der Waals surface area contributed by atoms with Crippen LogP contribution < -0.4 is 38.1 Å². The Bertz CT molecular complexity index is 2490. The summed E-state index contributed by atoms with van der Waals surface area (Å²) in [6.07, 6.45) is -1.08. The number of carbonyl (C=O) groups is 12. The van der Waals surface area contributed by atoms with E-state index in [2.05, 4.69) is 31.6 Å². The first kappa shape index (κ1) is 69.1. The number of thioether (sulfide) groups is 2. The van der Waals surface area contributed by atoms with Crippen molar-refractivity contribution in [1.82, 2.24) is 31.6 Å². The van der Waals surface area contributed by atoms with Crippen LogP contribution in [0.1, 0.15) is 110 Å². The third-order valence-corrected chi connectivity index (χ3v) is 16.5. The third kappa shape index (κ3) is 23.7. The maximum Gasteiger partial charge on any atom is 0.322 e. The number of aryl methyl sites for hydroxylation is 1. The van der Waals surface area contributed by atoms with Gasteiger partial charge in [-0.3, -0.25) is 57.5 Å². The summed E-state index contributed by atoms with van der Waals surface area (Å²) in [5, 5.41) is 51.3. The molecular formula is C51H76N8O19S3. The molecule has 2 aliphatic heterocycles. The van der Waals surface area contributed by atoms with E-state index in [0.29, 0.717) is 31.4 Å². The Morgan fingerprint density at radius 2 is 1.35 bits per heavy atom. The van der Waals surface area contributed by atoms with E-state index in [9.17, 15) is 52.7 Å². The van der Waals surface area contributed by atoms with Gasteiger partial charge in [0, 0.05) is 36.1 Å². The Morgan fingerprint density at radius 3 is 1.81 bits per heavy atom. The number of thiazole rings is 1. The van der Waals surface area contributed by atoms with Crippen molar-refractivity contribution in [1.29, 1.82) is 0 Å². The second-order valence-electron chi connectivity index (χ2n) is 20.8. The number of aliphatic carboxylic acids is 4. The number of fused-ring (bicyclic) bond motifs is 1. The zero-order valence-electron chi connectivity index (χ0n) is 46.3. The first-order valence-electron chi connectivity index (χ1n) is 26.0. The van der Waals surface area contributed by atoms with Crippen LogP contribution in [0.3, 0.4) is 0 Å². The fourth-order valence-electron chi connectivity index (χ4n) is 8.76. The lowest BCUT2D eigenvalue weighted by atomic mass is 9.72. The number of hydrogen-bond acceptors (Lipinski definition) is 21. The van der Waals surface area contributed by atoms with Gasteiger partial charge in [0.15, 0.2) is 0 Å². The largest absolute Gasteiger partial charge is 0.480 e. The Kier molecular flexibility index (Phi) is 27.7. The van der Waals surface area contributed by atoms with Crippen molar-refractivity contribution in [3.05, 3.63) is 21.7 Å². The molecule has 0 saturated carbocycles. The molecule has 11 atom stereocenters. The number of nitrogens with zero attached hydrogens (tertiary/aromatic N) is 1. The second-order valence-corrected chi connectivity index (χ2v) is 23.9. The molecule has 2 saturated heterocycles. The molecule has 0 spiro atoms. The Hall–Kier alpha value is -6.21. The molecule has 30 heteroatoms. The predicted octanol–water partition coefficient (Wildman–Crippen LogP) is 0.374. The molecule has 0 unspecified atom stereocenters. The van der Waals surface area contributed by atoms with Gasteiger partial charge in [0.2, 0.25) is 29.5 Å². The minimum atomic E-state index is -1.70. The van der Waals surface area contributed by atoms with Gasteiger partial charge in [-0.05, 0) is 77.9 Å². The van der Waals surface area contributed by atoms with Gasteiger partial charge in [0.1, 0.15) is 55.2 Å². The molecule has 2 aliphatic rings. The van der Waals surface area contributed by atoms with Crippen LogP contribution in [0.4, 0.5) is 0 Å². The number of carboxylic acid groups (broad SMARTS) is 4. The monoisotopic (exact) mass is 1200 g/mol. The molecule has 5 amide bonds. The topological polar surface area (TPSA) is 442 Å². The molecule has 1 aromatic heterocycles. The number of nitrogens with two attached hydrogens (primary N) is 2. The van der Waals surface area contributed by atoms with E-state index in [-0.39, 0.29) is 36.9 Å². The van der Waals surface area contributed by atoms with Crippen LogP contribution in [0, 0.1) is 24.2 Å². The average Bonchev–Trinajstić information content (AvgIpc) is 4.10. The lowest BCUT2D eigenvalue weighted by Crippen LogP contribution is -2.50. The van der Waals surface area contributed by atoms with Gasteiger partial charge in [-0.1, -0.05) is 20.3 Å². The number of rotatable bonds is 28. The lowest BCUT2D eigenvalue weighted by molar-refractivity contribution is -0.163. The van der Waals surface area contributed by atoms with Gasteiger partial charge < -0.3 is 72.7 Å². The summed E-state index contributed by atoms with van der Waals surface area (Å²) < 4.78 is 18.3. The van der Waals surface area contributed by atoms with Crippen molar-refractivity contribution in [3.63, 3.8) is 0 Å². The van der Waals surface area contributed by atoms with Crippen molar-refractivity contribution in [2.24, 2.45) is 28.7 Å². The van der Waals surface area contributed by atoms with Crippen LogP contribution in [-0.2, 0) is 71.7 Å². The van der Waals surface area contributed by atoms with Gasteiger partial charge in [-0.2, -0.15) is 0 Å². The fourth-order valence-corrected chi connectivity index (χ4v) is 11.0. The Morgan fingerprint density at radius 1 is 0.840 bits per heavy atom. The number of aromatic nitrogens is 1. The van der Waals surface area contributed by atoms with Crippen LogP contribution in [-0.4, -0.2) is 187 Å². The highest BCUT2D eigenvalue weighted by atomic mass is 32.2. The van der Waals surface area contributed by atoms with Crippen LogP contribution >= 0.6 is 34.9 Å². The molecule has 3 heterocycles. The fraction of sp³-hybridized carbons (Fsp3) is 0.667. The van der Waals surface area contributed by atoms with Gasteiger partial charge in [0.05, 0.1) is 57.7 Å². The molecule has 1 aromatic rings. The summed E-state index contributed by atoms with van der Waals surface area (Å²) >= 11 is 3.08. The minimum absolute atomic E-state index is 0.272. The van der Waals surface area contributed by atoms with Crippen molar-refractivity contribution in [2.75, 3.05) is 36.1 Å². The maximum absolute atomic E-state index is 15.0. The normalized spacial score (nSPS) is 23.8. The first-order valence-corrected chi connectivity index (χ1v) is 29.2. The van der Waals surface area contributed by atoms with E-state index in [1.807, 2.05) is 32.2 Å². The molecule has 452 valence electrons. The SMILES string of the molecule is C/C(=C\c1csc(C)n1)[C@@H]1C[C@@H]2O[C@]2(C)CCC[C@H](C)[C@H](OC(=O)CSC[C@H](NC(=O)CC[C@H](N)C(=O)O)C(=O)NCC(=O)O)[C@@H](C)C(=O)C(C)(C)[C@@H](OC(=O)CSC[C@H](NC(=O)CC[C@H](N)C(=O)O)C(=O)NCC(=O)O)CC(=O)N1. The van der Waals surface area contributed by atoms with E-state index in [4.69, 9.17) is 46.1 Å². The molecular weight excluding hydrogens is 1120 g/mol. The first-order chi connectivity index (χ1) is 37.8. The van der Waals surface area contributed by atoms with E-state index in [1.54, 1.807) is 6.92 Å². The number of ether oxygens (including phenoxy) is 3. The van der Waals surface area contributed by atoms with E-state index >= 15 is 4.79 Å². The third-order valence-electron chi connectivity index (χ3n) is 13.7. The number of Topliss-reactive ketones (excluding diaryl/α,β-unsaturated/α-hetero) is 1. The molecule has 0 aromatic carbocycles. The smallest absolute Gasteiger partial charge is 0.322 e. The predicted molar refractivity (Wildman–Crippen MR) is 295 cm³/mol. The van der Waals surface area contributed by atoms with Crippen LogP contribution in [0.15, 0.2) is 11.0 Å². The van der Waals surface area contributed by atoms with Crippen molar-refractivity contribution in [3.8, 4) is 0 Å². The molecule has 0 bridgehead atoms. The number of carboxylic acids is 4.